The van der Waals surface area contributed by atoms with Gasteiger partial charge >= 0.3 is 0 Å². The third-order valence-corrected chi connectivity index (χ3v) is 3.74. The van der Waals surface area contributed by atoms with Gasteiger partial charge in [-0.2, -0.15) is 0 Å². The van der Waals surface area contributed by atoms with Crippen LogP contribution in [0.25, 0.3) is 0 Å². The molecule has 98 valence electrons. The molecule has 1 aromatic carbocycles. The summed E-state index contributed by atoms with van der Waals surface area (Å²) in [6.07, 6.45) is 9.52. The number of hydrogen-bond acceptors (Lipinski definition) is 1. The van der Waals surface area contributed by atoms with Gasteiger partial charge in [-0.15, -0.1) is 0 Å². The number of allylic oxidation sites excluding steroid dienone is 1. The van der Waals surface area contributed by atoms with Crippen LogP contribution >= 0.6 is 0 Å². The van der Waals surface area contributed by atoms with Crippen LogP contribution in [-0.4, -0.2) is 0 Å². The summed E-state index contributed by atoms with van der Waals surface area (Å²) in [6, 6.07) is 8.50. The van der Waals surface area contributed by atoms with Crippen molar-refractivity contribution in [1.82, 2.24) is 0 Å². The second kappa shape index (κ2) is 6.63. The van der Waals surface area contributed by atoms with Crippen molar-refractivity contribution < 1.29 is 4.74 Å². The van der Waals surface area contributed by atoms with Crippen LogP contribution in [0, 0.1) is 0 Å². The highest BCUT2D eigenvalue weighted by atomic mass is 16.5. The zero-order chi connectivity index (χ0) is 12.8. The Morgan fingerprint density at radius 1 is 1.06 bits per heavy atom. The molecule has 1 unspecified atom stereocenters. The first-order chi connectivity index (χ1) is 8.86. The first-order valence-electron chi connectivity index (χ1n) is 7.31. The van der Waals surface area contributed by atoms with Gasteiger partial charge in [0.1, 0.15) is 5.75 Å². The lowest BCUT2D eigenvalue weighted by molar-refractivity contribution is 0.426. The highest BCUT2D eigenvalue weighted by Gasteiger charge is 2.23. The lowest BCUT2D eigenvalue weighted by Gasteiger charge is -2.27. The van der Waals surface area contributed by atoms with E-state index in [9.17, 15) is 0 Å². The van der Waals surface area contributed by atoms with E-state index in [1.807, 2.05) is 6.26 Å². The van der Waals surface area contributed by atoms with E-state index >= 15 is 0 Å². The summed E-state index contributed by atoms with van der Waals surface area (Å²) in [4.78, 5) is 0. The Morgan fingerprint density at radius 2 is 1.83 bits per heavy atom. The van der Waals surface area contributed by atoms with Gasteiger partial charge in [-0.25, -0.2) is 0 Å². The van der Waals surface area contributed by atoms with Gasteiger partial charge in [0.05, 0.1) is 6.26 Å². The average molecular weight is 244 g/mol. The maximum atomic E-state index is 5.78. The summed E-state index contributed by atoms with van der Waals surface area (Å²) >= 11 is 0. The van der Waals surface area contributed by atoms with Gasteiger partial charge in [-0.05, 0) is 30.9 Å². The van der Waals surface area contributed by atoms with Crippen LogP contribution in [0.5, 0.6) is 5.75 Å². The summed E-state index contributed by atoms with van der Waals surface area (Å²) in [7, 11) is 0. The lowest BCUT2D eigenvalue weighted by Crippen LogP contribution is -2.11. The van der Waals surface area contributed by atoms with E-state index in [-0.39, 0.29) is 0 Å². The summed E-state index contributed by atoms with van der Waals surface area (Å²) in [5.74, 6) is 1.64. The molecule has 0 radical (unpaired) electrons. The molecule has 0 saturated heterocycles. The Balaban J connectivity index is 2.18. The fourth-order valence-electron chi connectivity index (χ4n) is 2.66. The minimum Gasteiger partial charge on any atom is -0.465 e. The Hall–Kier alpha value is -1.24. The molecule has 2 rings (SSSR count). The maximum Gasteiger partial charge on any atom is 0.130 e. The molecule has 1 heteroatoms. The third-order valence-electron chi connectivity index (χ3n) is 3.74. The Bertz CT molecular complexity index is 406. The summed E-state index contributed by atoms with van der Waals surface area (Å²) in [5.41, 5.74) is 2.88. The van der Waals surface area contributed by atoms with Crippen molar-refractivity contribution in [2.75, 3.05) is 0 Å². The van der Waals surface area contributed by atoms with Crippen LogP contribution in [0.1, 0.15) is 63.9 Å². The minimum absolute atomic E-state index is 0.585. The van der Waals surface area contributed by atoms with Crippen molar-refractivity contribution in [1.29, 1.82) is 0 Å². The molecule has 1 heterocycles. The topological polar surface area (TPSA) is 9.23 Å². The second-order valence-electron chi connectivity index (χ2n) is 5.15. The van der Waals surface area contributed by atoms with Gasteiger partial charge in [-0.3, -0.25) is 0 Å². The van der Waals surface area contributed by atoms with Crippen LogP contribution in [0.4, 0.5) is 0 Å². The van der Waals surface area contributed by atoms with Gasteiger partial charge in [-0.1, -0.05) is 51.3 Å². The molecule has 0 aromatic heterocycles. The lowest BCUT2D eigenvalue weighted by atomic mass is 9.83. The van der Waals surface area contributed by atoms with Crippen molar-refractivity contribution >= 4 is 0 Å². The van der Waals surface area contributed by atoms with Gasteiger partial charge in [0.15, 0.2) is 0 Å². The van der Waals surface area contributed by atoms with Gasteiger partial charge in [0.25, 0.3) is 0 Å². The van der Waals surface area contributed by atoms with Crippen molar-refractivity contribution in [3.63, 3.8) is 0 Å². The molecule has 18 heavy (non-hydrogen) atoms. The van der Waals surface area contributed by atoms with E-state index in [2.05, 4.69) is 38.1 Å². The number of para-hydroxylation sites is 1. The quantitative estimate of drug-likeness (QED) is 0.648. The standard InChI is InChI=1S/C17H24O/c1-3-5-9-14-13-18-17-12-8-7-11-16(17)15(14)10-6-4-2/h7-8,11-13,15H,3-6,9-10H2,1-2H3. The molecular weight excluding hydrogens is 220 g/mol. The number of ether oxygens (including phenoxy) is 1. The molecule has 0 bridgehead atoms. The minimum atomic E-state index is 0.585. The van der Waals surface area contributed by atoms with Gasteiger partial charge < -0.3 is 4.74 Å². The van der Waals surface area contributed by atoms with E-state index in [0.29, 0.717) is 5.92 Å². The molecule has 0 spiro atoms. The zero-order valence-corrected chi connectivity index (χ0v) is 11.6. The first-order valence-corrected chi connectivity index (χ1v) is 7.31. The number of hydrogen-bond donors (Lipinski definition) is 0. The molecule has 1 atom stereocenters. The largest absolute Gasteiger partial charge is 0.465 e. The Kier molecular flexibility index (Phi) is 4.86. The first kappa shape index (κ1) is 13.2. The van der Waals surface area contributed by atoms with Crippen LogP contribution in [0.15, 0.2) is 36.1 Å². The van der Waals surface area contributed by atoms with Gasteiger partial charge in [0, 0.05) is 11.5 Å². The molecule has 0 amide bonds. The van der Waals surface area contributed by atoms with Gasteiger partial charge in [0.2, 0.25) is 0 Å². The molecule has 0 aliphatic carbocycles. The van der Waals surface area contributed by atoms with Crippen LogP contribution in [0.2, 0.25) is 0 Å². The number of benzene rings is 1. The number of rotatable bonds is 6. The molecule has 0 fully saturated rings. The van der Waals surface area contributed by atoms with Crippen LogP contribution in [0.3, 0.4) is 0 Å². The Labute approximate surface area is 111 Å². The smallest absolute Gasteiger partial charge is 0.130 e. The SMILES string of the molecule is CCCCC1=COc2ccccc2C1CCCC. The molecule has 1 aliphatic heterocycles. The predicted octanol–water partition coefficient (Wildman–Crippen LogP) is 5.43. The van der Waals surface area contributed by atoms with Crippen molar-refractivity contribution in [3.05, 3.63) is 41.7 Å². The van der Waals surface area contributed by atoms with Crippen LogP contribution in [-0.2, 0) is 0 Å². The maximum absolute atomic E-state index is 5.78. The monoisotopic (exact) mass is 244 g/mol. The summed E-state index contributed by atoms with van der Waals surface area (Å²) in [6.45, 7) is 4.51. The van der Waals surface area contributed by atoms with E-state index in [4.69, 9.17) is 4.74 Å². The molecule has 0 N–H and O–H groups in total. The zero-order valence-electron chi connectivity index (χ0n) is 11.6. The highest BCUT2D eigenvalue weighted by Crippen LogP contribution is 2.40. The summed E-state index contributed by atoms with van der Waals surface area (Å²) in [5, 5.41) is 0. The average Bonchev–Trinajstić information content (AvgIpc) is 2.43. The molecule has 1 aromatic rings. The van der Waals surface area contributed by atoms with E-state index in [1.54, 1.807) is 0 Å². The highest BCUT2D eigenvalue weighted by molar-refractivity contribution is 5.43. The number of fused-ring (bicyclic) bond motifs is 1. The fourth-order valence-corrected chi connectivity index (χ4v) is 2.66. The fraction of sp³-hybridized carbons (Fsp3) is 0.529. The van der Waals surface area contributed by atoms with E-state index in [1.165, 1.54) is 49.7 Å². The van der Waals surface area contributed by atoms with E-state index in [0.717, 1.165) is 5.75 Å². The van der Waals surface area contributed by atoms with Crippen LogP contribution < -0.4 is 4.74 Å². The molecule has 1 aliphatic rings. The normalized spacial score (nSPS) is 17.9. The third kappa shape index (κ3) is 2.95. The van der Waals surface area contributed by atoms with Crippen molar-refractivity contribution in [3.8, 4) is 5.75 Å². The number of unbranched alkanes of at least 4 members (excludes halogenated alkanes) is 2. The molecule has 0 saturated carbocycles. The van der Waals surface area contributed by atoms with Crippen molar-refractivity contribution in [2.45, 2.75) is 58.3 Å². The second-order valence-corrected chi connectivity index (χ2v) is 5.15. The van der Waals surface area contributed by atoms with E-state index < -0.39 is 0 Å². The summed E-state index contributed by atoms with van der Waals surface area (Å²) < 4.78 is 5.78. The predicted molar refractivity (Wildman–Crippen MR) is 76.9 cm³/mol. The van der Waals surface area contributed by atoms with Crippen molar-refractivity contribution in [2.24, 2.45) is 0 Å². The molecule has 1 nitrogen and oxygen atoms in total. The Morgan fingerprint density at radius 3 is 2.61 bits per heavy atom. The molecular formula is C17H24O.